The number of nitrogens with zero attached hydrogens (tertiary/aromatic N) is 3. The minimum absolute atomic E-state index is 0.0272. The summed E-state index contributed by atoms with van der Waals surface area (Å²) in [5, 5.41) is 7.35. The van der Waals surface area contributed by atoms with Gasteiger partial charge < -0.3 is 4.74 Å². The molecule has 1 amide bonds. The Morgan fingerprint density at radius 2 is 1.92 bits per heavy atom. The second kappa shape index (κ2) is 6.55. The Morgan fingerprint density at radius 3 is 2.64 bits per heavy atom. The molecule has 3 aromatic rings. The molecule has 0 unspecified atom stereocenters. The van der Waals surface area contributed by atoms with Gasteiger partial charge >= 0.3 is 0 Å². The standard InChI is InChI=1S/C19H20N4O2/c1-25-15-11-9-13(10-12-15)16-7-4-8-17-20-19(22-23(16)17)21-18(24)14-5-2-3-6-14/h4,7-12,14H,2-3,5-6H2,1H3,(H,21,22,24). The third-order valence-electron chi connectivity index (χ3n) is 4.71. The van der Waals surface area contributed by atoms with Gasteiger partial charge in [0.05, 0.1) is 12.8 Å². The van der Waals surface area contributed by atoms with Gasteiger partial charge in [-0.1, -0.05) is 18.9 Å². The topological polar surface area (TPSA) is 68.5 Å². The van der Waals surface area contributed by atoms with Crippen LogP contribution in [0.15, 0.2) is 42.5 Å². The van der Waals surface area contributed by atoms with Crippen LogP contribution in [0.2, 0.25) is 0 Å². The molecule has 1 aliphatic rings. The summed E-state index contributed by atoms with van der Waals surface area (Å²) in [6.45, 7) is 0. The van der Waals surface area contributed by atoms with E-state index in [4.69, 9.17) is 4.74 Å². The van der Waals surface area contributed by atoms with Gasteiger partial charge in [-0.15, -0.1) is 5.10 Å². The van der Waals surface area contributed by atoms with Crippen molar-refractivity contribution >= 4 is 17.5 Å². The predicted molar refractivity (Wildman–Crippen MR) is 95.6 cm³/mol. The van der Waals surface area contributed by atoms with E-state index in [1.807, 2.05) is 42.5 Å². The summed E-state index contributed by atoms with van der Waals surface area (Å²) in [6, 6.07) is 13.6. The van der Waals surface area contributed by atoms with Crippen molar-refractivity contribution in [2.24, 2.45) is 5.92 Å². The smallest absolute Gasteiger partial charge is 0.249 e. The van der Waals surface area contributed by atoms with Crippen LogP contribution in [0.4, 0.5) is 5.95 Å². The van der Waals surface area contributed by atoms with E-state index in [1.54, 1.807) is 11.6 Å². The predicted octanol–water partition coefficient (Wildman–Crippen LogP) is 3.53. The number of ether oxygens (including phenoxy) is 1. The van der Waals surface area contributed by atoms with Gasteiger partial charge in [0.2, 0.25) is 11.9 Å². The highest BCUT2D eigenvalue weighted by Gasteiger charge is 2.23. The molecule has 0 radical (unpaired) electrons. The molecule has 0 aliphatic heterocycles. The number of rotatable bonds is 4. The number of carbonyl (C=O) groups is 1. The first-order valence-corrected chi connectivity index (χ1v) is 8.56. The number of fused-ring (bicyclic) bond motifs is 1. The summed E-state index contributed by atoms with van der Waals surface area (Å²) < 4.78 is 6.96. The van der Waals surface area contributed by atoms with Crippen molar-refractivity contribution in [3.05, 3.63) is 42.5 Å². The number of methoxy groups -OCH3 is 1. The van der Waals surface area contributed by atoms with Crippen LogP contribution in [0.25, 0.3) is 16.9 Å². The molecule has 0 spiro atoms. The van der Waals surface area contributed by atoms with E-state index in [0.29, 0.717) is 11.6 Å². The van der Waals surface area contributed by atoms with E-state index in [2.05, 4.69) is 15.4 Å². The molecule has 2 aromatic heterocycles. The maximum absolute atomic E-state index is 12.3. The molecule has 1 aliphatic carbocycles. The highest BCUT2D eigenvalue weighted by atomic mass is 16.5. The fourth-order valence-electron chi connectivity index (χ4n) is 3.34. The largest absolute Gasteiger partial charge is 0.497 e. The van der Waals surface area contributed by atoms with Crippen LogP contribution in [0.5, 0.6) is 5.75 Å². The van der Waals surface area contributed by atoms with Gasteiger partial charge in [0, 0.05) is 11.5 Å². The lowest BCUT2D eigenvalue weighted by Crippen LogP contribution is -2.21. The molecule has 1 fully saturated rings. The van der Waals surface area contributed by atoms with E-state index >= 15 is 0 Å². The fourth-order valence-corrected chi connectivity index (χ4v) is 3.34. The number of pyridine rings is 1. The number of nitrogens with one attached hydrogen (secondary N) is 1. The number of benzene rings is 1. The first-order chi connectivity index (χ1) is 12.2. The summed E-state index contributed by atoms with van der Waals surface area (Å²) in [5.41, 5.74) is 2.62. The van der Waals surface area contributed by atoms with Crippen LogP contribution in [0.1, 0.15) is 25.7 Å². The van der Waals surface area contributed by atoms with Gasteiger partial charge in [-0.2, -0.15) is 4.98 Å². The molecule has 6 heteroatoms. The second-order valence-electron chi connectivity index (χ2n) is 6.32. The van der Waals surface area contributed by atoms with Crippen molar-refractivity contribution in [2.45, 2.75) is 25.7 Å². The van der Waals surface area contributed by atoms with Crippen LogP contribution in [0, 0.1) is 5.92 Å². The van der Waals surface area contributed by atoms with Crippen LogP contribution in [-0.2, 0) is 4.79 Å². The average molecular weight is 336 g/mol. The van der Waals surface area contributed by atoms with Gasteiger partial charge in [0.1, 0.15) is 5.75 Å². The van der Waals surface area contributed by atoms with Gasteiger partial charge in [-0.05, 0) is 49.2 Å². The quantitative estimate of drug-likeness (QED) is 0.791. The zero-order valence-corrected chi connectivity index (χ0v) is 14.1. The van der Waals surface area contributed by atoms with Crippen molar-refractivity contribution in [2.75, 3.05) is 12.4 Å². The van der Waals surface area contributed by atoms with E-state index in [9.17, 15) is 4.79 Å². The zero-order chi connectivity index (χ0) is 17.2. The lowest BCUT2D eigenvalue weighted by Gasteiger charge is -2.07. The van der Waals surface area contributed by atoms with Gasteiger partial charge in [-0.3, -0.25) is 10.1 Å². The summed E-state index contributed by atoms with van der Waals surface area (Å²) in [5.74, 6) is 1.28. The normalized spacial score (nSPS) is 14.8. The molecule has 1 saturated carbocycles. The van der Waals surface area contributed by atoms with Crippen LogP contribution in [0.3, 0.4) is 0 Å². The van der Waals surface area contributed by atoms with E-state index in [1.165, 1.54) is 0 Å². The van der Waals surface area contributed by atoms with Crippen molar-refractivity contribution in [1.82, 2.24) is 14.6 Å². The SMILES string of the molecule is COc1ccc(-c2cccc3nc(NC(=O)C4CCCC4)nn23)cc1. The Labute approximate surface area is 145 Å². The maximum Gasteiger partial charge on any atom is 0.249 e. The molecule has 1 aromatic carbocycles. The lowest BCUT2D eigenvalue weighted by atomic mass is 10.1. The van der Waals surface area contributed by atoms with Crippen molar-refractivity contribution < 1.29 is 9.53 Å². The van der Waals surface area contributed by atoms with Gasteiger partial charge in [0.15, 0.2) is 5.65 Å². The molecule has 0 atom stereocenters. The van der Waals surface area contributed by atoms with E-state index in [0.717, 1.165) is 42.7 Å². The molecule has 25 heavy (non-hydrogen) atoms. The molecule has 2 heterocycles. The number of carbonyl (C=O) groups excluding carboxylic acids is 1. The highest BCUT2D eigenvalue weighted by molar-refractivity contribution is 5.91. The van der Waals surface area contributed by atoms with E-state index < -0.39 is 0 Å². The summed E-state index contributed by atoms with van der Waals surface area (Å²) in [4.78, 5) is 16.7. The third kappa shape index (κ3) is 3.07. The first kappa shape index (κ1) is 15.6. The monoisotopic (exact) mass is 336 g/mol. The van der Waals surface area contributed by atoms with Crippen LogP contribution >= 0.6 is 0 Å². The van der Waals surface area contributed by atoms with Crippen LogP contribution < -0.4 is 10.1 Å². The summed E-state index contributed by atoms with van der Waals surface area (Å²) >= 11 is 0. The van der Waals surface area contributed by atoms with Gasteiger partial charge in [0.25, 0.3) is 0 Å². The van der Waals surface area contributed by atoms with Crippen molar-refractivity contribution in [3.63, 3.8) is 0 Å². The molecule has 6 nitrogen and oxygen atoms in total. The maximum atomic E-state index is 12.3. The van der Waals surface area contributed by atoms with E-state index in [-0.39, 0.29) is 11.8 Å². The van der Waals surface area contributed by atoms with Gasteiger partial charge in [-0.25, -0.2) is 4.52 Å². The first-order valence-electron chi connectivity index (χ1n) is 8.56. The molecular formula is C19H20N4O2. The Hall–Kier alpha value is -2.89. The van der Waals surface area contributed by atoms with Crippen molar-refractivity contribution in [3.8, 4) is 17.0 Å². The lowest BCUT2D eigenvalue weighted by molar-refractivity contribution is -0.119. The zero-order valence-electron chi connectivity index (χ0n) is 14.1. The molecular weight excluding hydrogens is 316 g/mol. The highest BCUT2D eigenvalue weighted by Crippen LogP contribution is 2.26. The average Bonchev–Trinajstić information content (AvgIpc) is 3.30. The summed E-state index contributed by atoms with van der Waals surface area (Å²) in [6.07, 6.45) is 4.16. The third-order valence-corrected chi connectivity index (χ3v) is 4.71. The molecule has 0 bridgehead atoms. The van der Waals surface area contributed by atoms with Crippen LogP contribution in [-0.4, -0.2) is 27.6 Å². The minimum Gasteiger partial charge on any atom is -0.497 e. The molecule has 128 valence electrons. The Morgan fingerprint density at radius 1 is 1.16 bits per heavy atom. The number of hydrogen-bond donors (Lipinski definition) is 1. The summed E-state index contributed by atoms with van der Waals surface area (Å²) in [7, 11) is 1.65. The second-order valence-corrected chi connectivity index (χ2v) is 6.32. The Bertz CT molecular complexity index is 895. The van der Waals surface area contributed by atoms with Crippen molar-refractivity contribution in [1.29, 1.82) is 0 Å². The number of aromatic nitrogens is 3. The number of amides is 1. The Balaban J connectivity index is 1.64. The minimum atomic E-state index is 0.0272. The molecule has 4 rings (SSSR count). The number of hydrogen-bond acceptors (Lipinski definition) is 4. The molecule has 1 N–H and O–H groups in total. The Kier molecular flexibility index (Phi) is 4.09. The number of anilines is 1. The molecule has 0 saturated heterocycles. The fraction of sp³-hybridized carbons (Fsp3) is 0.316.